The molecule has 0 saturated heterocycles. The molecule has 0 bridgehead atoms. The van der Waals surface area contributed by atoms with Crippen LogP contribution in [0.4, 0.5) is 11.4 Å². The zero-order chi connectivity index (χ0) is 21.1. The summed E-state index contributed by atoms with van der Waals surface area (Å²) in [5.41, 5.74) is 2.24. The van der Waals surface area contributed by atoms with Crippen LogP contribution in [0.2, 0.25) is 0 Å². The number of ether oxygens (including phenoxy) is 1. The van der Waals surface area contributed by atoms with E-state index < -0.39 is 10.8 Å². The third-order valence-corrected chi connectivity index (χ3v) is 4.53. The first kappa shape index (κ1) is 19.0. The summed E-state index contributed by atoms with van der Waals surface area (Å²) in [5, 5.41) is 14.5. The minimum Gasteiger partial charge on any atom is -0.495 e. The number of pyridine rings is 2. The van der Waals surface area contributed by atoms with Crippen LogP contribution in [0.5, 0.6) is 5.75 Å². The molecule has 0 aliphatic carbocycles. The van der Waals surface area contributed by atoms with Gasteiger partial charge in [-0.15, -0.1) is 0 Å². The molecule has 0 radical (unpaired) electrons. The molecule has 0 spiro atoms. The van der Waals surface area contributed by atoms with E-state index in [4.69, 9.17) is 4.74 Å². The highest BCUT2D eigenvalue weighted by Gasteiger charge is 2.18. The standard InChI is InChI=1S/C22H16N4O4/c1-30-21-10-9-14(26(28)29)12-20(21)25-22(27)16-13-19(18-8-4-5-11-23-18)24-17-7-3-2-6-15(16)17/h2-13H,1H3,(H,25,27). The highest BCUT2D eigenvalue weighted by molar-refractivity contribution is 6.13. The number of nitrogens with one attached hydrogen (secondary N) is 1. The number of nitrogens with zero attached hydrogens (tertiary/aromatic N) is 3. The molecule has 0 saturated carbocycles. The number of aromatic nitrogens is 2. The van der Waals surface area contributed by atoms with Crippen molar-refractivity contribution in [3.05, 3.63) is 88.6 Å². The van der Waals surface area contributed by atoms with E-state index >= 15 is 0 Å². The van der Waals surface area contributed by atoms with Crippen LogP contribution >= 0.6 is 0 Å². The second kappa shape index (κ2) is 7.96. The maximum absolute atomic E-state index is 13.2. The number of rotatable bonds is 5. The van der Waals surface area contributed by atoms with Gasteiger partial charge in [0, 0.05) is 23.7 Å². The highest BCUT2D eigenvalue weighted by atomic mass is 16.6. The number of hydrogen-bond donors (Lipinski definition) is 1. The lowest BCUT2D eigenvalue weighted by Gasteiger charge is -2.12. The van der Waals surface area contributed by atoms with Gasteiger partial charge in [0.15, 0.2) is 0 Å². The lowest BCUT2D eigenvalue weighted by atomic mass is 10.1. The van der Waals surface area contributed by atoms with Crippen molar-refractivity contribution in [1.82, 2.24) is 9.97 Å². The molecule has 148 valence electrons. The molecule has 4 aromatic rings. The lowest BCUT2D eigenvalue weighted by molar-refractivity contribution is -0.384. The molecule has 0 aliphatic heterocycles. The number of nitro benzene ring substituents is 1. The van der Waals surface area contributed by atoms with Crippen molar-refractivity contribution in [3.8, 4) is 17.1 Å². The predicted octanol–water partition coefficient (Wildman–Crippen LogP) is 4.47. The Morgan fingerprint density at radius 3 is 2.57 bits per heavy atom. The zero-order valence-electron chi connectivity index (χ0n) is 15.9. The molecule has 8 heteroatoms. The minimum atomic E-state index is -0.532. The van der Waals surface area contributed by atoms with Crippen molar-refractivity contribution in [3.63, 3.8) is 0 Å². The van der Waals surface area contributed by atoms with Gasteiger partial charge in [0.25, 0.3) is 11.6 Å². The Kier molecular flexibility index (Phi) is 5.04. The van der Waals surface area contributed by atoms with E-state index in [0.717, 1.165) is 0 Å². The van der Waals surface area contributed by atoms with Crippen LogP contribution in [0.1, 0.15) is 10.4 Å². The van der Waals surface area contributed by atoms with E-state index in [1.54, 1.807) is 24.4 Å². The molecule has 0 atom stereocenters. The third kappa shape index (κ3) is 3.66. The van der Waals surface area contributed by atoms with Crippen LogP contribution < -0.4 is 10.1 Å². The molecule has 0 fully saturated rings. The molecule has 0 aliphatic rings. The molecule has 2 heterocycles. The summed E-state index contributed by atoms with van der Waals surface area (Å²) in [5.74, 6) is -0.123. The lowest BCUT2D eigenvalue weighted by Crippen LogP contribution is -2.14. The normalized spacial score (nSPS) is 10.6. The number of benzene rings is 2. The van der Waals surface area contributed by atoms with E-state index in [1.165, 1.54) is 25.3 Å². The zero-order valence-corrected chi connectivity index (χ0v) is 15.9. The monoisotopic (exact) mass is 400 g/mol. The smallest absolute Gasteiger partial charge is 0.271 e. The van der Waals surface area contributed by atoms with Gasteiger partial charge in [-0.2, -0.15) is 0 Å². The topological polar surface area (TPSA) is 107 Å². The van der Waals surface area contributed by atoms with Crippen molar-refractivity contribution < 1.29 is 14.5 Å². The summed E-state index contributed by atoms with van der Waals surface area (Å²) in [6, 6.07) is 18.4. The number of carbonyl (C=O) groups is 1. The van der Waals surface area contributed by atoms with E-state index in [2.05, 4.69) is 15.3 Å². The molecule has 4 rings (SSSR count). The molecule has 2 aromatic carbocycles. The molecule has 1 N–H and O–H groups in total. The third-order valence-electron chi connectivity index (χ3n) is 4.53. The van der Waals surface area contributed by atoms with Crippen LogP contribution in [0, 0.1) is 10.1 Å². The average molecular weight is 400 g/mol. The van der Waals surface area contributed by atoms with Crippen LogP contribution in [0.25, 0.3) is 22.3 Å². The molecule has 8 nitrogen and oxygen atoms in total. The number of amides is 1. The fraction of sp³-hybridized carbons (Fsp3) is 0.0455. The van der Waals surface area contributed by atoms with Crippen molar-refractivity contribution in [1.29, 1.82) is 0 Å². The van der Waals surface area contributed by atoms with E-state index in [-0.39, 0.29) is 11.4 Å². The Labute approximate surface area is 171 Å². The number of non-ortho nitro benzene ring substituents is 1. The Bertz CT molecular complexity index is 1260. The van der Waals surface area contributed by atoms with E-state index in [0.29, 0.717) is 33.6 Å². The van der Waals surface area contributed by atoms with Gasteiger partial charge in [-0.1, -0.05) is 24.3 Å². The van der Waals surface area contributed by atoms with Gasteiger partial charge in [-0.25, -0.2) is 4.98 Å². The van der Waals surface area contributed by atoms with Gasteiger partial charge in [0.1, 0.15) is 5.75 Å². The van der Waals surface area contributed by atoms with E-state index in [1.807, 2.05) is 30.3 Å². The first-order valence-corrected chi connectivity index (χ1v) is 9.02. The Hall–Kier alpha value is -4.33. The number of fused-ring (bicyclic) bond motifs is 1. The maximum Gasteiger partial charge on any atom is 0.271 e. The highest BCUT2D eigenvalue weighted by Crippen LogP contribution is 2.30. The Balaban J connectivity index is 1.80. The quantitative estimate of drug-likeness (QED) is 0.391. The molecule has 0 unspecified atom stereocenters. The van der Waals surface area contributed by atoms with Crippen LogP contribution in [-0.2, 0) is 0 Å². The van der Waals surface area contributed by atoms with Crippen molar-refractivity contribution >= 4 is 28.2 Å². The van der Waals surface area contributed by atoms with Crippen molar-refractivity contribution in [2.45, 2.75) is 0 Å². The van der Waals surface area contributed by atoms with E-state index in [9.17, 15) is 14.9 Å². The summed E-state index contributed by atoms with van der Waals surface area (Å²) in [4.78, 5) is 32.7. The molecule has 30 heavy (non-hydrogen) atoms. The summed E-state index contributed by atoms with van der Waals surface area (Å²) < 4.78 is 5.24. The summed E-state index contributed by atoms with van der Waals surface area (Å²) in [6.45, 7) is 0. The fourth-order valence-corrected chi connectivity index (χ4v) is 3.11. The average Bonchev–Trinajstić information content (AvgIpc) is 2.78. The number of carbonyl (C=O) groups excluding carboxylic acids is 1. The second-order valence-electron chi connectivity index (χ2n) is 6.38. The number of methoxy groups -OCH3 is 1. The first-order valence-electron chi connectivity index (χ1n) is 9.02. The molecular weight excluding hydrogens is 384 g/mol. The number of nitro groups is 1. The van der Waals surface area contributed by atoms with Crippen LogP contribution in [0.3, 0.4) is 0 Å². The number of hydrogen-bond acceptors (Lipinski definition) is 6. The fourth-order valence-electron chi connectivity index (χ4n) is 3.11. The van der Waals surface area contributed by atoms with Crippen molar-refractivity contribution in [2.75, 3.05) is 12.4 Å². The predicted molar refractivity (Wildman–Crippen MR) is 113 cm³/mol. The van der Waals surface area contributed by atoms with Gasteiger partial charge in [0.2, 0.25) is 0 Å². The van der Waals surface area contributed by atoms with Crippen LogP contribution in [-0.4, -0.2) is 27.9 Å². The summed E-state index contributed by atoms with van der Waals surface area (Å²) >= 11 is 0. The summed E-state index contributed by atoms with van der Waals surface area (Å²) in [7, 11) is 1.43. The van der Waals surface area contributed by atoms with Gasteiger partial charge in [-0.05, 0) is 30.3 Å². The molecule has 1 amide bonds. The van der Waals surface area contributed by atoms with Crippen LogP contribution in [0.15, 0.2) is 72.9 Å². The minimum absolute atomic E-state index is 0.153. The SMILES string of the molecule is COc1ccc([N+](=O)[O-])cc1NC(=O)c1cc(-c2ccccn2)nc2ccccc12. The number of para-hydroxylation sites is 1. The summed E-state index contributed by atoms with van der Waals surface area (Å²) in [6.07, 6.45) is 1.65. The molecular formula is C22H16N4O4. The first-order chi connectivity index (χ1) is 14.6. The van der Waals surface area contributed by atoms with Gasteiger partial charge in [0.05, 0.1) is 40.2 Å². The largest absolute Gasteiger partial charge is 0.495 e. The molecule has 2 aromatic heterocycles. The Morgan fingerprint density at radius 2 is 1.83 bits per heavy atom. The van der Waals surface area contributed by atoms with Crippen molar-refractivity contribution in [2.24, 2.45) is 0 Å². The van der Waals surface area contributed by atoms with Gasteiger partial charge >= 0.3 is 0 Å². The van der Waals surface area contributed by atoms with Gasteiger partial charge in [-0.3, -0.25) is 19.9 Å². The number of anilines is 1. The Morgan fingerprint density at radius 1 is 1.03 bits per heavy atom. The maximum atomic E-state index is 13.2. The second-order valence-corrected chi connectivity index (χ2v) is 6.38. The van der Waals surface area contributed by atoms with Gasteiger partial charge < -0.3 is 10.1 Å².